The van der Waals surface area contributed by atoms with Crippen LogP contribution in [0, 0.1) is 5.82 Å². The molecule has 0 saturated heterocycles. The van der Waals surface area contributed by atoms with E-state index in [1.165, 1.54) is 12.1 Å². The van der Waals surface area contributed by atoms with Crippen LogP contribution in [0.5, 0.6) is 5.75 Å². The Balaban J connectivity index is 2.21. The number of benzene rings is 2. The van der Waals surface area contributed by atoms with Gasteiger partial charge in [0, 0.05) is 0 Å². The standard InChI is InChI=1S/C16H16BFO2/c1-17(19)14-9-13(10-15(18)11-14)4-3-12-5-7-16(20-2)8-6-12/h3-11,19H,1-2H3/b4-3+. The molecule has 4 heteroatoms. The summed E-state index contributed by atoms with van der Waals surface area (Å²) in [5.41, 5.74) is 2.28. The van der Waals surface area contributed by atoms with Gasteiger partial charge in [-0.3, -0.25) is 0 Å². The number of halogens is 1. The van der Waals surface area contributed by atoms with Crippen LogP contribution in [-0.2, 0) is 0 Å². The fourth-order valence-electron chi connectivity index (χ4n) is 1.88. The largest absolute Gasteiger partial charge is 0.497 e. The topological polar surface area (TPSA) is 29.5 Å². The zero-order chi connectivity index (χ0) is 14.5. The molecule has 0 radical (unpaired) electrons. The van der Waals surface area contributed by atoms with Gasteiger partial charge in [0.05, 0.1) is 7.11 Å². The first kappa shape index (κ1) is 14.3. The fourth-order valence-corrected chi connectivity index (χ4v) is 1.88. The van der Waals surface area contributed by atoms with E-state index in [1.54, 1.807) is 20.0 Å². The number of hydrogen-bond donors (Lipinski definition) is 1. The van der Waals surface area contributed by atoms with Crippen LogP contribution in [0.25, 0.3) is 12.2 Å². The normalized spacial score (nSPS) is 10.8. The van der Waals surface area contributed by atoms with Gasteiger partial charge in [-0.1, -0.05) is 37.2 Å². The molecule has 0 heterocycles. The lowest BCUT2D eigenvalue weighted by molar-refractivity contribution is 0.415. The highest BCUT2D eigenvalue weighted by Gasteiger charge is 2.08. The number of ether oxygens (including phenoxy) is 1. The Kier molecular flexibility index (Phi) is 4.59. The lowest BCUT2D eigenvalue weighted by atomic mass is 9.64. The molecule has 2 nitrogen and oxygen atoms in total. The summed E-state index contributed by atoms with van der Waals surface area (Å²) in [6.07, 6.45) is 3.71. The minimum Gasteiger partial charge on any atom is -0.497 e. The van der Waals surface area contributed by atoms with E-state index in [9.17, 15) is 9.41 Å². The zero-order valence-electron chi connectivity index (χ0n) is 11.5. The van der Waals surface area contributed by atoms with Crippen LogP contribution < -0.4 is 10.2 Å². The van der Waals surface area contributed by atoms with Crippen LogP contribution in [-0.4, -0.2) is 19.0 Å². The smallest absolute Gasteiger partial charge is 0.320 e. The Bertz CT molecular complexity index is 606. The molecule has 20 heavy (non-hydrogen) atoms. The highest BCUT2D eigenvalue weighted by molar-refractivity contribution is 6.64. The molecule has 102 valence electrons. The van der Waals surface area contributed by atoms with Crippen molar-refractivity contribution in [1.82, 2.24) is 0 Å². The second-order valence-corrected chi connectivity index (χ2v) is 4.60. The van der Waals surface area contributed by atoms with Crippen molar-refractivity contribution in [2.75, 3.05) is 7.11 Å². The highest BCUT2D eigenvalue weighted by Crippen LogP contribution is 2.14. The molecule has 0 aromatic heterocycles. The molecule has 2 aromatic carbocycles. The highest BCUT2D eigenvalue weighted by atomic mass is 19.1. The third-order valence-corrected chi connectivity index (χ3v) is 3.01. The summed E-state index contributed by atoms with van der Waals surface area (Å²) in [6.45, 7) is 0.935. The number of methoxy groups -OCH3 is 1. The minimum atomic E-state index is -0.682. The van der Waals surface area contributed by atoms with Gasteiger partial charge in [0.25, 0.3) is 0 Å². The van der Waals surface area contributed by atoms with Gasteiger partial charge in [-0.05, 0) is 40.9 Å². The third-order valence-electron chi connectivity index (χ3n) is 3.01. The molecule has 0 spiro atoms. The maximum absolute atomic E-state index is 13.5. The van der Waals surface area contributed by atoms with Crippen LogP contribution in [0.1, 0.15) is 11.1 Å². The van der Waals surface area contributed by atoms with Crippen LogP contribution in [0.15, 0.2) is 42.5 Å². The summed E-state index contributed by atoms with van der Waals surface area (Å²) in [5, 5.41) is 9.51. The molecular weight excluding hydrogens is 254 g/mol. The molecule has 2 rings (SSSR count). The van der Waals surface area contributed by atoms with Crippen molar-refractivity contribution < 1.29 is 14.2 Å². The zero-order valence-corrected chi connectivity index (χ0v) is 11.5. The van der Waals surface area contributed by atoms with E-state index in [0.29, 0.717) is 5.46 Å². The Morgan fingerprint density at radius 3 is 2.30 bits per heavy atom. The van der Waals surface area contributed by atoms with Crippen molar-refractivity contribution in [2.24, 2.45) is 0 Å². The predicted octanol–water partition coefficient (Wildman–Crippen LogP) is 2.83. The summed E-state index contributed by atoms with van der Waals surface area (Å²) in [4.78, 5) is 0. The first-order valence-corrected chi connectivity index (χ1v) is 6.39. The van der Waals surface area contributed by atoms with Crippen molar-refractivity contribution in [3.05, 3.63) is 59.4 Å². The second-order valence-electron chi connectivity index (χ2n) is 4.60. The summed E-state index contributed by atoms with van der Waals surface area (Å²) >= 11 is 0. The van der Waals surface area contributed by atoms with Gasteiger partial charge >= 0.3 is 6.92 Å². The van der Waals surface area contributed by atoms with Crippen molar-refractivity contribution in [3.8, 4) is 5.75 Å². The van der Waals surface area contributed by atoms with Gasteiger partial charge in [-0.2, -0.15) is 0 Å². The third kappa shape index (κ3) is 3.71. The first-order valence-electron chi connectivity index (χ1n) is 6.39. The van der Waals surface area contributed by atoms with Crippen molar-refractivity contribution in [3.63, 3.8) is 0 Å². The van der Waals surface area contributed by atoms with Crippen molar-refractivity contribution in [2.45, 2.75) is 6.82 Å². The van der Waals surface area contributed by atoms with Gasteiger partial charge < -0.3 is 9.76 Å². The van der Waals surface area contributed by atoms with E-state index >= 15 is 0 Å². The van der Waals surface area contributed by atoms with Gasteiger partial charge in [-0.15, -0.1) is 0 Å². The molecule has 1 N–H and O–H groups in total. The van der Waals surface area contributed by atoms with Crippen LogP contribution in [0.3, 0.4) is 0 Å². The molecule has 2 aromatic rings. The van der Waals surface area contributed by atoms with Gasteiger partial charge in [0.15, 0.2) is 0 Å². The molecule has 0 aliphatic heterocycles. The van der Waals surface area contributed by atoms with Gasteiger partial charge in [-0.25, -0.2) is 4.39 Å². The summed E-state index contributed by atoms with van der Waals surface area (Å²) in [5.74, 6) is 0.446. The maximum Gasteiger partial charge on any atom is 0.320 e. The molecule has 0 saturated carbocycles. The Hall–Kier alpha value is -2.07. The SMILES string of the molecule is COc1ccc(/C=C/c2cc(F)cc(B(C)O)c2)cc1. The van der Waals surface area contributed by atoms with Crippen LogP contribution in [0.4, 0.5) is 4.39 Å². The number of hydrogen-bond acceptors (Lipinski definition) is 2. The van der Waals surface area contributed by atoms with E-state index in [-0.39, 0.29) is 5.82 Å². The number of rotatable bonds is 4. The Morgan fingerprint density at radius 2 is 1.70 bits per heavy atom. The van der Waals surface area contributed by atoms with Gasteiger partial charge in [0.2, 0.25) is 0 Å². The molecule has 0 amide bonds. The molecule has 0 bridgehead atoms. The van der Waals surface area contributed by atoms with Crippen LogP contribution >= 0.6 is 0 Å². The van der Waals surface area contributed by atoms with Gasteiger partial charge in [0.1, 0.15) is 11.6 Å². The molecular formula is C16H16BFO2. The summed E-state index contributed by atoms with van der Waals surface area (Å²) in [7, 11) is 1.62. The molecule has 0 unspecified atom stereocenters. The average Bonchev–Trinajstić information content (AvgIpc) is 2.45. The maximum atomic E-state index is 13.5. The lowest BCUT2D eigenvalue weighted by Crippen LogP contribution is -2.26. The van der Waals surface area contributed by atoms with E-state index in [4.69, 9.17) is 4.74 Å². The van der Waals surface area contributed by atoms with E-state index in [0.717, 1.165) is 16.9 Å². The summed E-state index contributed by atoms with van der Waals surface area (Å²) < 4.78 is 18.5. The Labute approximate surface area is 118 Å². The monoisotopic (exact) mass is 270 g/mol. The Morgan fingerprint density at radius 1 is 1.05 bits per heavy atom. The van der Waals surface area contributed by atoms with Crippen molar-refractivity contribution >= 4 is 24.5 Å². The molecule has 0 fully saturated rings. The quantitative estimate of drug-likeness (QED) is 0.683. The fraction of sp³-hybridized carbons (Fsp3) is 0.125. The average molecular weight is 270 g/mol. The molecule has 0 atom stereocenters. The molecule has 0 aliphatic rings. The van der Waals surface area contributed by atoms with E-state index < -0.39 is 6.92 Å². The predicted molar refractivity (Wildman–Crippen MR) is 81.8 cm³/mol. The first-order chi connectivity index (χ1) is 9.58. The molecule has 0 aliphatic carbocycles. The van der Waals surface area contributed by atoms with Crippen LogP contribution in [0.2, 0.25) is 6.82 Å². The van der Waals surface area contributed by atoms with E-state index in [1.807, 2.05) is 36.4 Å². The minimum absolute atomic E-state index is 0.349. The van der Waals surface area contributed by atoms with E-state index in [2.05, 4.69) is 0 Å². The summed E-state index contributed by atoms with van der Waals surface area (Å²) in [6, 6.07) is 12.1. The lowest BCUT2D eigenvalue weighted by Gasteiger charge is -2.03. The van der Waals surface area contributed by atoms with Crippen molar-refractivity contribution in [1.29, 1.82) is 0 Å². The second kappa shape index (κ2) is 6.39.